The Bertz CT molecular complexity index is 759. The first-order chi connectivity index (χ1) is 10.7. The molecule has 2 nitrogen and oxygen atoms in total. The number of anilines is 1. The molecule has 0 spiro atoms. The second-order valence-corrected chi connectivity index (χ2v) is 6.40. The number of nitrogens with one attached hydrogen (secondary N) is 1. The summed E-state index contributed by atoms with van der Waals surface area (Å²) in [5.41, 5.74) is 3.79. The maximum Gasteiger partial charge on any atom is 0.0662 e. The molecule has 0 radical (unpaired) electrons. The van der Waals surface area contributed by atoms with Crippen molar-refractivity contribution in [1.82, 2.24) is 4.57 Å². The van der Waals surface area contributed by atoms with E-state index in [-0.39, 0.29) is 0 Å². The number of rotatable bonds is 5. The summed E-state index contributed by atoms with van der Waals surface area (Å²) in [4.78, 5) is 1.29. The van der Waals surface area contributed by atoms with Crippen molar-refractivity contribution in [2.45, 2.75) is 24.3 Å². The van der Waals surface area contributed by atoms with Crippen LogP contribution in [0.3, 0.4) is 0 Å². The minimum atomic E-state index is 0.317. The molecule has 1 unspecified atom stereocenters. The van der Waals surface area contributed by atoms with E-state index in [1.54, 1.807) is 11.8 Å². The molecule has 0 aliphatic heterocycles. The van der Waals surface area contributed by atoms with Gasteiger partial charge in [-0.15, -0.1) is 11.8 Å². The molecular formula is C19H22N2S. The third-order valence-corrected chi connectivity index (χ3v) is 4.93. The Morgan fingerprint density at radius 1 is 1.09 bits per heavy atom. The predicted octanol–water partition coefficient (Wildman–Crippen LogP) is 5.46. The molecule has 22 heavy (non-hydrogen) atoms. The van der Waals surface area contributed by atoms with E-state index in [0.717, 1.165) is 6.42 Å². The standard InChI is InChI=1S/C19H22N2S/c1-4-17(20-15-9-11-16(22-3)12-10-15)19-13-14-7-5-6-8-18(14)21(19)2/h5-13,17,20H,4H2,1-3H3. The number of hydrogen-bond donors (Lipinski definition) is 1. The number of benzene rings is 2. The number of hydrogen-bond acceptors (Lipinski definition) is 2. The molecule has 3 heteroatoms. The van der Waals surface area contributed by atoms with Gasteiger partial charge in [-0.3, -0.25) is 0 Å². The number of aryl methyl sites for hydroxylation is 1. The van der Waals surface area contributed by atoms with Gasteiger partial charge in [0.2, 0.25) is 0 Å². The number of nitrogens with zero attached hydrogens (tertiary/aromatic N) is 1. The van der Waals surface area contributed by atoms with Crippen molar-refractivity contribution in [2.24, 2.45) is 7.05 Å². The number of para-hydroxylation sites is 1. The Kier molecular flexibility index (Phi) is 4.44. The van der Waals surface area contributed by atoms with Crippen molar-refractivity contribution < 1.29 is 0 Å². The number of fused-ring (bicyclic) bond motifs is 1. The van der Waals surface area contributed by atoms with Crippen LogP contribution in [-0.4, -0.2) is 10.8 Å². The number of aromatic nitrogens is 1. The van der Waals surface area contributed by atoms with E-state index in [2.05, 4.69) is 84.7 Å². The van der Waals surface area contributed by atoms with Crippen LogP contribution >= 0.6 is 11.8 Å². The molecule has 3 aromatic rings. The van der Waals surface area contributed by atoms with Crippen molar-refractivity contribution in [3.8, 4) is 0 Å². The zero-order valence-corrected chi connectivity index (χ0v) is 14.2. The fourth-order valence-electron chi connectivity index (χ4n) is 2.92. The van der Waals surface area contributed by atoms with Crippen LogP contribution in [0.15, 0.2) is 59.5 Å². The summed E-state index contributed by atoms with van der Waals surface area (Å²) < 4.78 is 2.30. The topological polar surface area (TPSA) is 17.0 Å². The average Bonchev–Trinajstić information content (AvgIpc) is 2.90. The molecular weight excluding hydrogens is 288 g/mol. The van der Waals surface area contributed by atoms with Gasteiger partial charge in [0.15, 0.2) is 0 Å². The normalized spacial score (nSPS) is 12.5. The summed E-state index contributed by atoms with van der Waals surface area (Å²) in [6.45, 7) is 2.23. The van der Waals surface area contributed by atoms with Crippen molar-refractivity contribution >= 4 is 28.4 Å². The van der Waals surface area contributed by atoms with Crippen LogP contribution in [0.5, 0.6) is 0 Å². The second-order valence-electron chi connectivity index (χ2n) is 5.52. The van der Waals surface area contributed by atoms with Crippen LogP contribution in [0.1, 0.15) is 25.1 Å². The van der Waals surface area contributed by atoms with Gasteiger partial charge in [-0.1, -0.05) is 25.1 Å². The van der Waals surface area contributed by atoms with Gasteiger partial charge in [-0.2, -0.15) is 0 Å². The number of thioether (sulfide) groups is 1. The molecule has 0 saturated carbocycles. The van der Waals surface area contributed by atoms with E-state index < -0.39 is 0 Å². The van der Waals surface area contributed by atoms with Crippen LogP contribution in [0.2, 0.25) is 0 Å². The average molecular weight is 310 g/mol. The molecule has 1 heterocycles. The molecule has 0 aliphatic carbocycles. The fraction of sp³-hybridized carbons (Fsp3) is 0.263. The summed E-state index contributed by atoms with van der Waals surface area (Å²) in [7, 11) is 2.15. The highest BCUT2D eigenvalue weighted by molar-refractivity contribution is 7.98. The first kappa shape index (κ1) is 15.0. The first-order valence-electron chi connectivity index (χ1n) is 7.68. The van der Waals surface area contributed by atoms with E-state index in [1.807, 2.05) is 0 Å². The van der Waals surface area contributed by atoms with Crippen molar-refractivity contribution in [2.75, 3.05) is 11.6 Å². The van der Waals surface area contributed by atoms with Crippen molar-refractivity contribution in [3.05, 3.63) is 60.3 Å². The lowest BCUT2D eigenvalue weighted by atomic mass is 10.1. The van der Waals surface area contributed by atoms with Crippen LogP contribution < -0.4 is 5.32 Å². The van der Waals surface area contributed by atoms with Crippen molar-refractivity contribution in [1.29, 1.82) is 0 Å². The zero-order valence-electron chi connectivity index (χ0n) is 13.3. The molecule has 1 N–H and O–H groups in total. The summed E-state index contributed by atoms with van der Waals surface area (Å²) >= 11 is 1.77. The molecule has 0 saturated heterocycles. The molecule has 1 atom stereocenters. The molecule has 0 bridgehead atoms. The predicted molar refractivity (Wildman–Crippen MR) is 97.8 cm³/mol. The summed E-state index contributed by atoms with van der Waals surface area (Å²) in [6, 6.07) is 19.8. The first-order valence-corrected chi connectivity index (χ1v) is 8.90. The SMILES string of the molecule is CCC(Nc1ccc(SC)cc1)c1cc2ccccc2n1C. The lowest BCUT2D eigenvalue weighted by molar-refractivity contribution is 0.686. The van der Waals surface area contributed by atoms with E-state index in [0.29, 0.717) is 6.04 Å². The molecule has 2 aromatic carbocycles. The monoisotopic (exact) mass is 310 g/mol. The lowest BCUT2D eigenvalue weighted by Gasteiger charge is -2.19. The smallest absolute Gasteiger partial charge is 0.0662 e. The third-order valence-electron chi connectivity index (χ3n) is 4.18. The quantitative estimate of drug-likeness (QED) is 0.630. The van der Waals surface area contributed by atoms with Gasteiger partial charge in [0.25, 0.3) is 0 Å². The highest BCUT2D eigenvalue weighted by Crippen LogP contribution is 2.28. The van der Waals surface area contributed by atoms with E-state index in [4.69, 9.17) is 0 Å². The Balaban J connectivity index is 1.90. The minimum Gasteiger partial charge on any atom is -0.377 e. The Hall–Kier alpha value is -1.87. The summed E-state index contributed by atoms with van der Waals surface area (Å²) in [5.74, 6) is 0. The summed E-state index contributed by atoms with van der Waals surface area (Å²) in [5, 5.41) is 4.97. The van der Waals surface area contributed by atoms with Gasteiger partial charge < -0.3 is 9.88 Å². The van der Waals surface area contributed by atoms with Gasteiger partial charge >= 0.3 is 0 Å². The largest absolute Gasteiger partial charge is 0.377 e. The molecule has 0 aliphatic rings. The molecule has 0 amide bonds. The van der Waals surface area contributed by atoms with Crippen molar-refractivity contribution in [3.63, 3.8) is 0 Å². The highest BCUT2D eigenvalue weighted by atomic mass is 32.2. The Morgan fingerprint density at radius 3 is 2.45 bits per heavy atom. The zero-order chi connectivity index (χ0) is 15.5. The van der Waals surface area contributed by atoms with Crippen LogP contribution in [0.4, 0.5) is 5.69 Å². The van der Waals surface area contributed by atoms with E-state index >= 15 is 0 Å². The van der Waals surface area contributed by atoms with Gasteiger partial charge in [0.1, 0.15) is 0 Å². The minimum absolute atomic E-state index is 0.317. The van der Waals surface area contributed by atoms with Crippen LogP contribution in [0, 0.1) is 0 Å². The lowest BCUT2D eigenvalue weighted by Crippen LogP contribution is -2.13. The highest BCUT2D eigenvalue weighted by Gasteiger charge is 2.15. The van der Waals surface area contributed by atoms with Gasteiger partial charge in [-0.25, -0.2) is 0 Å². The van der Waals surface area contributed by atoms with Gasteiger partial charge in [-0.05, 0) is 54.5 Å². The fourth-order valence-corrected chi connectivity index (χ4v) is 3.33. The van der Waals surface area contributed by atoms with E-state index in [1.165, 1.54) is 27.2 Å². The maximum atomic E-state index is 3.67. The second kappa shape index (κ2) is 6.49. The molecule has 0 fully saturated rings. The van der Waals surface area contributed by atoms with Crippen LogP contribution in [0.25, 0.3) is 10.9 Å². The van der Waals surface area contributed by atoms with Gasteiger partial charge in [0, 0.05) is 28.8 Å². The molecule has 1 aromatic heterocycles. The maximum absolute atomic E-state index is 3.67. The van der Waals surface area contributed by atoms with Crippen LogP contribution in [-0.2, 0) is 7.05 Å². The molecule has 114 valence electrons. The summed E-state index contributed by atoms with van der Waals surface area (Å²) in [6.07, 6.45) is 3.15. The Labute approximate surface area is 136 Å². The van der Waals surface area contributed by atoms with E-state index in [9.17, 15) is 0 Å². The third kappa shape index (κ3) is 2.86. The molecule has 3 rings (SSSR count). The van der Waals surface area contributed by atoms with Gasteiger partial charge in [0.05, 0.1) is 6.04 Å². The Morgan fingerprint density at radius 2 is 1.82 bits per heavy atom.